The van der Waals surface area contributed by atoms with Gasteiger partial charge in [-0.05, 0) is 42.7 Å². The Morgan fingerprint density at radius 1 is 1.00 bits per heavy atom. The summed E-state index contributed by atoms with van der Waals surface area (Å²) >= 11 is 0. The molecule has 0 unspecified atom stereocenters. The van der Waals surface area contributed by atoms with E-state index in [4.69, 9.17) is 4.74 Å². The highest BCUT2D eigenvalue weighted by molar-refractivity contribution is 7.89. The second kappa shape index (κ2) is 7.97. The van der Waals surface area contributed by atoms with Gasteiger partial charge in [-0.15, -0.1) is 0 Å². The predicted octanol–water partition coefficient (Wildman–Crippen LogP) is 3.36. The van der Waals surface area contributed by atoms with Gasteiger partial charge in [0.15, 0.2) is 0 Å². The van der Waals surface area contributed by atoms with Gasteiger partial charge in [0.2, 0.25) is 10.0 Å². The Morgan fingerprint density at radius 2 is 1.65 bits per heavy atom. The third-order valence-electron chi connectivity index (χ3n) is 4.32. The summed E-state index contributed by atoms with van der Waals surface area (Å²) in [6.45, 7) is 0.861. The van der Waals surface area contributed by atoms with Crippen molar-refractivity contribution in [3.8, 4) is 0 Å². The summed E-state index contributed by atoms with van der Waals surface area (Å²) in [4.78, 5) is 12.4. The Bertz CT molecular complexity index is 875. The monoisotopic (exact) mass is 377 g/mol. The van der Waals surface area contributed by atoms with Crippen LogP contribution in [0.3, 0.4) is 0 Å². The van der Waals surface area contributed by atoms with E-state index in [1.54, 1.807) is 12.1 Å². The van der Waals surface area contributed by atoms with E-state index in [1.807, 2.05) is 0 Å². The molecule has 1 fully saturated rings. The SMILES string of the molecule is O=C(OCc1ccc(F)cc1)c1ccccc1S(=O)(=O)N1CCCCC1. The van der Waals surface area contributed by atoms with Crippen LogP contribution < -0.4 is 0 Å². The van der Waals surface area contributed by atoms with Crippen molar-refractivity contribution in [1.82, 2.24) is 4.31 Å². The van der Waals surface area contributed by atoms with E-state index in [0.717, 1.165) is 19.3 Å². The van der Waals surface area contributed by atoms with Gasteiger partial charge < -0.3 is 4.74 Å². The predicted molar refractivity (Wildman–Crippen MR) is 94.6 cm³/mol. The number of sulfonamides is 1. The normalized spacial score (nSPS) is 15.6. The zero-order chi connectivity index (χ0) is 18.6. The molecule has 0 bridgehead atoms. The molecule has 1 aliphatic heterocycles. The summed E-state index contributed by atoms with van der Waals surface area (Å²) < 4.78 is 45.4. The van der Waals surface area contributed by atoms with Gasteiger partial charge in [0.1, 0.15) is 12.4 Å². The van der Waals surface area contributed by atoms with Gasteiger partial charge in [-0.3, -0.25) is 0 Å². The average molecular weight is 377 g/mol. The first-order valence-electron chi connectivity index (χ1n) is 8.49. The van der Waals surface area contributed by atoms with Crippen LogP contribution >= 0.6 is 0 Å². The fraction of sp³-hybridized carbons (Fsp3) is 0.316. The Balaban J connectivity index is 1.79. The number of esters is 1. The van der Waals surface area contributed by atoms with Gasteiger partial charge in [0.25, 0.3) is 0 Å². The van der Waals surface area contributed by atoms with E-state index in [9.17, 15) is 17.6 Å². The van der Waals surface area contributed by atoms with Gasteiger partial charge in [0, 0.05) is 13.1 Å². The summed E-state index contributed by atoms with van der Waals surface area (Å²) in [7, 11) is -3.74. The second-order valence-corrected chi connectivity index (χ2v) is 8.07. The van der Waals surface area contributed by atoms with Crippen LogP contribution in [-0.4, -0.2) is 31.8 Å². The fourth-order valence-corrected chi connectivity index (χ4v) is 4.61. The van der Waals surface area contributed by atoms with Crippen molar-refractivity contribution < 1.29 is 22.3 Å². The lowest BCUT2D eigenvalue weighted by Crippen LogP contribution is -2.36. The lowest BCUT2D eigenvalue weighted by Gasteiger charge is -2.26. The number of carbonyl (C=O) groups is 1. The third-order valence-corrected chi connectivity index (χ3v) is 6.28. The van der Waals surface area contributed by atoms with E-state index >= 15 is 0 Å². The molecule has 1 aliphatic rings. The number of ether oxygens (including phenoxy) is 1. The quantitative estimate of drug-likeness (QED) is 0.750. The van der Waals surface area contributed by atoms with Crippen LogP contribution in [-0.2, 0) is 21.4 Å². The molecule has 1 heterocycles. The molecule has 2 aromatic carbocycles. The Kier molecular flexibility index (Phi) is 5.68. The highest BCUT2D eigenvalue weighted by atomic mass is 32.2. The van der Waals surface area contributed by atoms with E-state index < -0.39 is 16.0 Å². The van der Waals surface area contributed by atoms with E-state index in [1.165, 1.54) is 40.7 Å². The topological polar surface area (TPSA) is 63.7 Å². The molecule has 0 radical (unpaired) electrons. The number of rotatable bonds is 5. The van der Waals surface area contributed by atoms with Gasteiger partial charge in [0.05, 0.1) is 10.5 Å². The van der Waals surface area contributed by atoms with Crippen molar-refractivity contribution in [2.24, 2.45) is 0 Å². The van der Waals surface area contributed by atoms with Crippen molar-refractivity contribution >= 4 is 16.0 Å². The summed E-state index contributed by atoms with van der Waals surface area (Å²) in [6.07, 6.45) is 2.64. The number of hydrogen-bond acceptors (Lipinski definition) is 4. The van der Waals surface area contributed by atoms with Crippen LogP contribution in [0.1, 0.15) is 35.2 Å². The van der Waals surface area contributed by atoms with Crippen LogP contribution in [0.15, 0.2) is 53.4 Å². The maximum Gasteiger partial charge on any atom is 0.339 e. The number of piperidine rings is 1. The van der Waals surface area contributed by atoms with E-state index in [0.29, 0.717) is 18.7 Å². The highest BCUT2D eigenvalue weighted by Gasteiger charge is 2.30. The first-order chi connectivity index (χ1) is 12.5. The standard InChI is InChI=1S/C19H20FNO4S/c20-16-10-8-15(9-11-16)14-25-19(22)17-6-2-3-7-18(17)26(23,24)21-12-4-1-5-13-21/h2-3,6-11H,1,4-5,12-14H2. The molecule has 138 valence electrons. The summed E-state index contributed by atoms with van der Waals surface area (Å²) in [5, 5.41) is 0. The maximum absolute atomic E-state index is 12.9. The van der Waals surface area contributed by atoms with Crippen molar-refractivity contribution in [1.29, 1.82) is 0 Å². The lowest BCUT2D eigenvalue weighted by atomic mass is 10.2. The number of nitrogens with zero attached hydrogens (tertiary/aromatic N) is 1. The Morgan fingerprint density at radius 3 is 2.35 bits per heavy atom. The maximum atomic E-state index is 12.9. The molecule has 0 aliphatic carbocycles. The Hall–Kier alpha value is -2.25. The number of carbonyl (C=O) groups excluding carboxylic acids is 1. The molecule has 0 spiro atoms. The minimum absolute atomic E-state index is 0.0141. The average Bonchev–Trinajstić information content (AvgIpc) is 2.68. The van der Waals surface area contributed by atoms with Gasteiger partial charge in [-0.2, -0.15) is 4.31 Å². The second-order valence-electron chi connectivity index (χ2n) is 6.16. The molecule has 0 aromatic heterocycles. The molecule has 5 nitrogen and oxygen atoms in total. The molecule has 1 saturated heterocycles. The van der Waals surface area contributed by atoms with E-state index in [-0.39, 0.29) is 22.9 Å². The zero-order valence-corrected chi connectivity index (χ0v) is 15.0. The van der Waals surface area contributed by atoms with Crippen LogP contribution in [0.2, 0.25) is 0 Å². The minimum Gasteiger partial charge on any atom is -0.457 e. The molecular weight excluding hydrogens is 357 g/mol. The molecule has 0 amide bonds. The van der Waals surface area contributed by atoms with Gasteiger partial charge >= 0.3 is 5.97 Å². The molecule has 7 heteroatoms. The highest BCUT2D eigenvalue weighted by Crippen LogP contribution is 2.24. The first-order valence-corrected chi connectivity index (χ1v) is 9.93. The Labute approximate surface area is 152 Å². The van der Waals surface area contributed by atoms with Crippen LogP contribution in [0, 0.1) is 5.82 Å². The van der Waals surface area contributed by atoms with Crippen LogP contribution in [0.25, 0.3) is 0 Å². The largest absolute Gasteiger partial charge is 0.457 e. The smallest absolute Gasteiger partial charge is 0.339 e. The summed E-state index contributed by atoms with van der Waals surface area (Å²) in [6, 6.07) is 11.6. The molecular formula is C19H20FNO4S. The molecule has 3 rings (SSSR count). The van der Waals surface area contributed by atoms with Crippen molar-refractivity contribution in [2.75, 3.05) is 13.1 Å². The molecule has 0 N–H and O–H groups in total. The van der Waals surface area contributed by atoms with Crippen LogP contribution in [0.5, 0.6) is 0 Å². The fourth-order valence-electron chi connectivity index (χ4n) is 2.91. The summed E-state index contributed by atoms with van der Waals surface area (Å²) in [5.41, 5.74) is 0.635. The molecule has 0 saturated carbocycles. The lowest BCUT2D eigenvalue weighted by molar-refractivity contribution is 0.0468. The number of benzene rings is 2. The number of hydrogen-bond donors (Lipinski definition) is 0. The first kappa shape index (κ1) is 18.5. The molecule has 0 atom stereocenters. The minimum atomic E-state index is -3.74. The zero-order valence-electron chi connectivity index (χ0n) is 14.2. The van der Waals surface area contributed by atoms with E-state index in [2.05, 4.69) is 0 Å². The van der Waals surface area contributed by atoms with Crippen molar-refractivity contribution in [3.63, 3.8) is 0 Å². The number of halogens is 1. The summed E-state index contributed by atoms with van der Waals surface area (Å²) in [5.74, 6) is -1.09. The van der Waals surface area contributed by atoms with Crippen molar-refractivity contribution in [2.45, 2.75) is 30.8 Å². The van der Waals surface area contributed by atoms with Crippen LogP contribution in [0.4, 0.5) is 4.39 Å². The van der Waals surface area contributed by atoms with Gasteiger partial charge in [-0.25, -0.2) is 17.6 Å². The van der Waals surface area contributed by atoms with Gasteiger partial charge in [-0.1, -0.05) is 30.7 Å². The molecule has 2 aromatic rings. The van der Waals surface area contributed by atoms with Crippen molar-refractivity contribution in [3.05, 3.63) is 65.5 Å². The third kappa shape index (κ3) is 4.11. The molecule has 26 heavy (non-hydrogen) atoms.